The number of hydrogen-bond acceptors (Lipinski definition) is 8. The van der Waals surface area contributed by atoms with Crippen LogP contribution in [-0.4, -0.2) is 64.7 Å². The number of nitrogens with zero attached hydrogens (tertiary/aromatic N) is 4. The molecule has 1 aromatic carbocycles. The summed E-state index contributed by atoms with van der Waals surface area (Å²) < 4.78 is 33.8. The van der Waals surface area contributed by atoms with Gasteiger partial charge in [0.2, 0.25) is 16.0 Å². The molecule has 5 rings (SSSR count). The van der Waals surface area contributed by atoms with Crippen LogP contribution in [0.2, 0.25) is 0 Å². The van der Waals surface area contributed by atoms with E-state index >= 15 is 0 Å². The molecule has 0 saturated carbocycles. The van der Waals surface area contributed by atoms with Gasteiger partial charge in [0.05, 0.1) is 23.0 Å². The number of hydrogen-bond donors (Lipinski definition) is 2. The van der Waals surface area contributed by atoms with Crippen molar-refractivity contribution in [1.82, 2.24) is 24.1 Å². The van der Waals surface area contributed by atoms with Crippen LogP contribution in [0.1, 0.15) is 28.5 Å². The molecule has 0 aliphatic carbocycles. The van der Waals surface area contributed by atoms with Gasteiger partial charge in [-0.3, -0.25) is 14.6 Å². The quantitative estimate of drug-likeness (QED) is 0.358. The first kappa shape index (κ1) is 26.0. The largest absolute Gasteiger partial charge is 0.379 e. The summed E-state index contributed by atoms with van der Waals surface area (Å²) in [6.45, 7) is 4.91. The van der Waals surface area contributed by atoms with Gasteiger partial charge in [-0.15, -0.1) is 11.3 Å². The van der Waals surface area contributed by atoms with Crippen molar-refractivity contribution >= 4 is 33.1 Å². The zero-order valence-corrected chi connectivity index (χ0v) is 22.4. The van der Waals surface area contributed by atoms with Crippen LogP contribution in [0.4, 0.5) is 5.82 Å². The van der Waals surface area contributed by atoms with Gasteiger partial charge in [0, 0.05) is 36.0 Å². The number of nitrogens with one attached hydrogen (secondary N) is 2. The summed E-state index contributed by atoms with van der Waals surface area (Å²) in [5, 5.41) is 9.33. The third kappa shape index (κ3) is 5.05. The third-order valence-electron chi connectivity index (χ3n) is 6.21. The van der Waals surface area contributed by atoms with Crippen LogP contribution in [0.25, 0.3) is 16.5 Å². The number of benzene rings is 1. The Morgan fingerprint density at radius 3 is 2.55 bits per heavy atom. The summed E-state index contributed by atoms with van der Waals surface area (Å²) in [7, 11) is -3.68. The number of sulfonamides is 1. The van der Waals surface area contributed by atoms with Crippen molar-refractivity contribution in [2.24, 2.45) is 0 Å². The molecule has 2 N–H and O–H groups in total. The van der Waals surface area contributed by atoms with Crippen LogP contribution in [0, 0.1) is 6.92 Å². The predicted molar refractivity (Wildman–Crippen MR) is 143 cm³/mol. The Balaban J connectivity index is 1.45. The second-order valence-electron chi connectivity index (χ2n) is 8.61. The Labute approximate surface area is 223 Å². The maximum Gasteiger partial charge on any atom is 0.256 e. The number of aromatic nitrogens is 4. The molecule has 4 heterocycles. The molecule has 3 aromatic heterocycles. The van der Waals surface area contributed by atoms with E-state index in [0.717, 1.165) is 4.88 Å². The second-order valence-corrected chi connectivity index (χ2v) is 11.5. The zero-order valence-electron chi connectivity index (χ0n) is 20.8. The van der Waals surface area contributed by atoms with Gasteiger partial charge in [0.1, 0.15) is 11.5 Å². The monoisotopic (exact) mass is 554 g/mol. The maximum atomic E-state index is 13.2. The molecule has 13 heteroatoms. The molecule has 1 amide bonds. The molecule has 11 nitrogen and oxygen atoms in total. The first-order valence-electron chi connectivity index (χ1n) is 12.0. The lowest BCUT2D eigenvalue weighted by atomic mass is 10.2. The third-order valence-corrected chi connectivity index (χ3v) is 9.02. The fraction of sp³-hybridized carbons (Fsp3) is 0.280. The molecule has 1 fully saturated rings. The fourth-order valence-electron chi connectivity index (χ4n) is 4.19. The number of thiophene rings is 1. The van der Waals surface area contributed by atoms with Gasteiger partial charge in [0.15, 0.2) is 0 Å². The van der Waals surface area contributed by atoms with E-state index in [4.69, 9.17) is 4.74 Å². The number of amides is 1. The lowest BCUT2D eigenvalue weighted by molar-refractivity contribution is 0.0730. The van der Waals surface area contributed by atoms with Gasteiger partial charge in [-0.1, -0.05) is 13.0 Å². The van der Waals surface area contributed by atoms with Gasteiger partial charge in [0.25, 0.3) is 11.5 Å². The van der Waals surface area contributed by atoms with Crippen LogP contribution in [0.5, 0.6) is 0 Å². The van der Waals surface area contributed by atoms with E-state index in [2.05, 4.69) is 20.4 Å². The van der Waals surface area contributed by atoms with Crippen LogP contribution in [0.3, 0.4) is 0 Å². The number of aryl methyl sites for hydroxylation is 1. The Bertz CT molecular complexity index is 1620. The van der Waals surface area contributed by atoms with Crippen LogP contribution in [-0.2, 0) is 21.2 Å². The number of morpholine rings is 1. The highest BCUT2D eigenvalue weighted by atomic mass is 32.2. The smallest absolute Gasteiger partial charge is 0.256 e. The first-order chi connectivity index (χ1) is 18.3. The predicted octanol–water partition coefficient (Wildman–Crippen LogP) is 2.83. The highest BCUT2D eigenvalue weighted by Gasteiger charge is 2.26. The molecule has 1 saturated heterocycles. The molecule has 198 valence electrons. The van der Waals surface area contributed by atoms with Crippen molar-refractivity contribution in [3.8, 4) is 16.5 Å². The number of carbonyl (C=O) groups is 1. The van der Waals surface area contributed by atoms with E-state index in [1.165, 1.54) is 44.6 Å². The van der Waals surface area contributed by atoms with Gasteiger partial charge in [-0.2, -0.15) is 14.1 Å². The molecule has 0 bridgehead atoms. The molecule has 0 spiro atoms. The highest BCUT2D eigenvalue weighted by Crippen LogP contribution is 2.28. The molecule has 38 heavy (non-hydrogen) atoms. The maximum absolute atomic E-state index is 13.2. The van der Waals surface area contributed by atoms with Crippen molar-refractivity contribution < 1.29 is 17.9 Å². The van der Waals surface area contributed by atoms with Crippen molar-refractivity contribution in [3.63, 3.8) is 0 Å². The molecule has 1 aliphatic heterocycles. The minimum absolute atomic E-state index is 0.106. The molecule has 4 aromatic rings. The highest BCUT2D eigenvalue weighted by molar-refractivity contribution is 7.89. The van der Waals surface area contributed by atoms with Gasteiger partial charge in [-0.05, 0) is 49.1 Å². The van der Waals surface area contributed by atoms with E-state index in [1.54, 1.807) is 13.0 Å². The summed E-state index contributed by atoms with van der Waals surface area (Å²) in [6, 6.07) is 11.2. The lowest BCUT2D eigenvalue weighted by Crippen LogP contribution is -2.40. The van der Waals surface area contributed by atoms with Crippen molar-refractivity contribution in [2.75, 3.05) is 31.6 Å². The van der Waals surface area contributed by atoms with Crippen molar-refractivity contribution in [3.05, 3.63) is 75.0 Å². The summed E-state index contributed by atoms with van der Waals surface area (Å²) in [5.41, 5.74) is 1.75. The number of rotatable bonds is 7. The SMILES string of the molecule is CCc1c(C)nc(-n2nc(-c3cccs3)cc2NC(=O)c2ccc(S(=O)(=O)N3CCOCC3)cc2)[nH]c1=O. The summed E-state index contributed by atoms with van der Waals surface area (Å²) >= 11 is 1.49. The van der Waals surface area contributed by atoms with Crippen molar-refractivity contribution in [2.45, 2.75) is 25.2 Å². The van der Waals surface area contributed by atoms with E-state index in [9.17, 15) is 18.0 Å². The van der Waals surface area contributed by atoms with Crippen molar-refractivity contribution in [1.29, 1.82) is 0 Å². The average molecular weight is 555 g/mol. The topological polar surface area (TPSA) is 139 Å². The van der Waals surface area contributed by atoms with E-state index in [0.29, 0.717) is 42.4 Å². The number of anilines is 1. The minimum Gasteiger partial charge on any atom is -0.379 e. The normalized spacial score (nSPS) is 14.5. The van der Waals surface area contributed by atoms with Crippen LogP contribution < -0.4 is 10.9 Å². The fourth-order valence-corrected chi connectivity index (χ4v) is 6.28. The standard InChI is InChI=1S/C25H26N6O5S2/c1-3-19-16(2)26-25(28-24(19)33)31-22(15-20(29-31)21-5-4-14-37-21)27-23(32)17-6-8-18(9-7-17)38(34,35)30-10-12-36-13-11-30/h4-9,14-15H,3,10-13H2,1-2H3,(H,27,32)(H,26,28,33). The molecular weight excluding hydrogens is 528 g/mol. The van der Waals surface area contributed by atoms with Crippen LogP contribution in [0.15, 0.2) is 57.5 Å². The van der Waals surface area contributed by atoms with Gasteiger partial charge in [-0.25, -0.2) is 13.4 Å². The van der Waals surface area contributed by atoms with Gasteiger partial charge >= 0.3 is 0 Å². The number of H-pyrrole nitrogens is 1. The minimum atomic E-state index is -3.68. The Kier molecular flexibility index (Phi) is 7.25. The molecule has 0 radical (unpaired) electrons. The molecule has 0 atom stereocenters. The second kappa shape index (κ2) is 10.6. The molecule has 1 aliphatic rings. The molecular formula is C25H26N6O5S2. The summed E-state index contributed by atoms with van der Waals surface area (Å²) in [4.78, 5) is 34.0. The Morgan fingerprint density at radius 1 is 1.18 bits per heavy atom. The lowest BCUT2D eigenvalue weighted by Gasteiger charge is -2.26. The van der Waals surface area contributed by atoms with Crippen LogP contribution >= 0.6 is 11.3 Å². The first-order valence-corrected chi connectivity index (χ1v) is 14.3. The Hall–Kier alpha value is -3.65. The molecule has 0 unspecified atom stereocenters. The Morgan fingerprint density at radius 2 is 1.92 bits per heavy atom. The van der Waals surface area contributed by atoms with E-state index in [-0.39, 0.29) is 35.1 Å². The summed E-state index contributed by atoms with van der Waals surface area (Å²) in [6.07, 6.45) is 0.537. The zero-order chi connectivity index (χ0) is 26.9. The average Bonchev–Trinajstić information content (AvgIpc) is 3.59. The van der Waals surface area contributed by atoms with Gasteiger partial charge < -0.3 is 10.1 Å². The number of carbonyl (C=O) groups excluding carboxylic acids is 1. The van der Waals surface area contributed by atoms with E-state index < -0.39 is 15.9 Å². The number of aromatic amines is 1. The summed E-state index contributed by atoms with van der Waals surface area (Å²) in [5.74, 6) is 0.00780. The number of ether oxygens (including phenoxy) is 1. The van der Waals surface area contributed by atoms with E-state index in [1.807, 2.05) is 24.4 Å².